The zero-order valence-corrected chi connectivity index (χ0v) is 13.1. The number of hydrogen-bond donors (Lipinski definition) is 1. The second kappa shape index (κ2) is 7.61. The normalized spacial score (nSPS) is 11.5. The Kier molecular flexibility index (Phi) is 5.55. The molecule has 1 aromatic heterocycles. The lowest BCUT2D eigenvalue weighted by Crippen LogP contribution is -2.30. The Morgan fingerprint density at radius 2 is 1.91 bits per heavy atom. The van der Waals surface area contributed by atoms with Crippen LogP contribution in [0.15, 0.2) is 53.6 Å². The van der Waals surface area contributed by atoms with E-state index in [0.717, 1.165) is 4.90 Å². The maximum absolute atomic E-state index is 12.1. The molecule has 0 aliphatic heterocycles. The number of benzene rings is 1. The molecule has 0 saturated carbocycles. The van der Waals surface area contributed by atoms with Crippen LogP contribution in [0.4, 0.5) is 5.69 Å². The number of pyridine rings is 1. The van der Waals surface area contributed by atoms with Crippen molar-refractivity contribution >= 4 is 29.3 Å². The summed E-state index contributed by atoms with van der Waals surface area (Å²) >= 11 is 1.53. The number of ether oxygens (including phenoxy) is 1. The molecule has 0 aliphatic carbocycles. The van der Waals surface area contributed by atoms with E-state index in [9.17, 15) is 9.59 Å². The lowest BCUT2D eigenvalue weighted by atomic mass is 10.3. The Labute approximate surface area is 133 Å². The van der Waals surface area contributed by atoms with Crippen molar-refractivity contribution in [3.05, 3.63) is 54.4 Å². The maximum atomic E-state index is 12.1. The van der Waals surface area contributed by atoms with Gasteiger partial charge in [0.25, 0.3) is 5.91 Å². The highest BCUT2D eigenvalue weighted by Gasteiger charge is 2.20. The second-order valence-corrected chi connectivity index (χ2v) is 5.30. The molecule has 5 nitrogen and oxygen atoms in total. The third kappa shape index (κ3) is 4.08. The second-order valence-electron chi connectivity index (χ2n) is 4.45. The van der Waals surface area contributed by atoms with E-state index in [1.807, 2.05) is 24.5 Å². The summed E-state index contributed by atoms with van der Waals surface area (Å²) in [4.78, 5) is 28.8. The number of carbonyl (C=O) groups is 2. The Hall–Kier alpha value is -2.34. The van der Waals surface area contributed by atoms with Crippen LogP contribution in [0.25, 0.3) is 0 Å². The molecule has 1 atom stereocenters. The Bertz CT molecular complexity index is 661. The predicted molar refractivity (Wildman–Crippen MR) is 86.0 cm³/mol. The molecule has 1 heterocycles. The van der Waals surface area contributed by atoms with Crippen LogP contribution in [0.5, 0.6) is 0 Å². The van der Waals surface area contributed by atoms with Crippen molar-refractivity contribution in [1.82, 2.24) is 4.98 Å². The van der Waals surface area contributed by atoms with Gasteiger partial charge < -0.3 is 10.1 Å². The molecule has 1 amide bonds. The van der Waals surface area contributed by atoms with Gasteiger partial charge in [-0.15, -0.1) is 11.8 Å². The van der Waals surface area contributed by atoms with Gasteiger partial charge in [0.15, 0.2) is 6.10 Å². The molecular formula is C16H16N2O3S. The van der Waals surface area contributed by atoms with Crippen molar-refractivity contribution in [2.75, 3.05) is 11.6 Å². The maximum Gasteiger partial charge on any atom is 0.357 e. The highest BCUT2D eigenvalue weighted by Crippen LogP contribution is 2.24. The van der Waals surface area contributed by atoms with Crippen LogP contribution < -0.4 is 5.32 Å². The van der Waals surface area contributed by atoms with E-state index in [-0.39, 0.29) is 11.6 Å². The van der Waals surface area contributed by atoms with Gasteiger partial charge in [0, 0.05) is 11.1 Å². The first-order valence-corrected chi connectivity index (χ1v) is 7.90. The number of hydrogen-bond acceptors (Lipinski definition) is 5. The summed E-state index contributed by atoms with van der Waals surface area (Å²) in [5.74, 6) is -1.01. The molecule has 6 heteroatoms. The summed E-state index contributed by atoms with van der Waals surface area (Å²) in [7, 11) is 0. The predicted octanol–water partition coefficient (Wildman–Crippen LogP) is 2.99. The number of thioether (sulfide) groups is 1. The van der Waals surface area contributed by atoms with Crippen molar-refractivity contribution in [3.63, 3.8) is 0 Å². The average molecular weight is 316 g/mol. The number of nitrogens with zero attached hydrogens (tertiary/aromatic N) is 1. The van der Waals surface area contributed by atoms with E-state index >= 15 is 0 Å². The first-order valence-electron chi connectivity index (χ1n) is 6.67. The van der Waals surface area contributed by atoms with Gasteiger partial charge in [-0.1, -0.05) is 18.2 Å². The summed E-state index contributed by atoms with van der Waals surface area (Å²) in [5, 5.41) is 2.76. The number of aromatic nitrogens is 1. The van der Waals surface area contributed by atoms with Gasteiger partial charge in [-0.2, -0.15) is 0 Å². The van der Waals surface area contributed by atoms with E-state index in [1.165, 1.54) is 30.9 Å². The fourth-order valence-corrected chi connectivity index (χ4v) is 2.29. The average Bonchev–Trinajstić information content (AvgIpc) is 2.56. The molecule has 0 aliphatic rings. The van der Waals surface area contributed by atoms with Gasteiger partial charge >= 0.3 is 5.97 Å². The highest BCUT2D eigenvalue weighted by molar-refractivity contribution is 7.98. The van der Waals surface area contributed by atoms with Gasteiger partial charge in [-0.05, 0) is 37.4 Å². The summed E-state index contributed by atoms with van der Waals surface area (Å²) < 4.78 is 5.12. The lowest BCUT2D eigenvalue weighted by Gasteiger charge is -2.14. The van der Waals surface area contributed by atoms with Gasteiger partial charge in [-0.3, -0.25) is 4.79 Å². The first-order chi connectivity index (χ1) is 10.6. The van der Waals surface area contributed by atoms with Crippen molar-refractivity contribution < 1.29 is 14.3 Å². The Balaban J connectivity index is 1.99. The number of anilines is 1. The Morgan fingerprint density at radius 1 is 1.18 bits per heavy atom. The number of carbonyl (C=O) groups excluding carboxylic acids is 2. The molecule has 0 unspecified atom stereocenters. The van der Waals surface area contributed by atoms with E-state index in [0.29, 0.717) is 5.69 Å². The van der Waals surface area contributed by atoms with E-state index in [1.54, 1.807) is 18.2 Å². The number of amides is 1. The monoisotopic (exact) mass is 316 g/mol. The molecule has 0 saturated heterocycles. The topological polar surface area (TPSA) is 68.3 Å². The summed E-state index contributed by atoms with van der Waals surface area (Å²) in [5.41, 5.74) is 0.868. The minimum absolute atomic E-state index is 0.173. The molecule has 2 rings (SSSR count). The SMILES string of the molecule is CSc1ccccc1NC(=O)[C@H](C)OC(=O)c1ccccn1. The van der Waals surface area contributed by atoms with Crippen molar-refractivity contribution in [3.8, 4) is 0 Å². The summed E-state index contributed by atoms with van der Waals surface area (Å²) in [6.45, 7) is 1.53. The van der Waals surface area contributed by atoms with Gasteiger partial charge in [0.1, 0.15) is 5.69 Å². The number of para-hydroxylation sites is 1. The van der Waals surface area contributed by atoms with E-state index in [2.05, 4.69) is 10.3 Å². The fraction of sp³-hybridized carbons (Fsp3) is 0.188. The van der Waals surface area contributed by atoms with E-state index in [4.69, 9.17) is 4.74 Å². The fourth-order valence-electron chi connectivity index (χ4n) is 1.74. The number of nitrogens with one attached hydrogen (secondary N) is 1. The van der Waals surface area contributed by atoms with Gasteiger partial charge in [-0.25, -0.2) is 9.78 Å². The number of rotatable bonds is 5. The van der Waals surface area contributed by atoms with Crippen molar-refractivity contribution in [2.45, 2.75) is 17.9 Å². The molecular weight excluding hydrogens is 300 g/mol. The van der Waals surface area contributed by atoms with Crippen molar-refractivity contribution in [1.29, 1.82) is 0 Å². The highest BCUT2D eigenvalue weighted by atomic mass is 32.2. The van der Waals surface area contributed by atoms with Crippen LogP contribution in [-0.4, -0.2) is 29.2 Å². The zero-order valence-electron chi connectivity index (χ0n) is 12.3. The molecule has 0 bridgehead atoms. The minimum atomic E-state index is -0.913. The molecule has 2 aromatic rings. The van der Waals surface area contributed by atoms with Crippen LogP contribution >= 0.6 is 11.8 Å². The van der Waals surface area contributed by atoms with Crippen molar-refractivity contribution in [2.24, 2.45) is 0 Å². The summed E-state index contributed by atoms with van der Waals surface area (Å²) in [6, 6.07) is 12.4. The number of esters is 1. The zero-order chi connectivity index (χ0) is 15.9. The third-order valence-corrected chi connectivity index (χ3v) is 3.69. The molecule has 0 spiro atoms. The first kappa shape index (κ1) is 16.0. The lowest BCUT2D eigenvalue weighted by molar-refractivity contribution is -0.123. The molecule has 22 heavy (non-hydrogen) atoms. The van der Waals surface area contributed by atoms with Gasteiger partial charge in [0.2, 0.25) is 0 Å². The Morgan fingerprint density at radius 3 is 2.59 bits per heavy atom. The molecule has 114 valence electrons. The quantitative estimate of drug-likeness (QED) is 0.678. The molecule has 1 N–H and O–H groups in total. The van der Waals surface area contributed by atoms with E-state index < -0.39 is 12.1 Å². The standard InChI is InChI=1S/C16H16N2O3S/c1-11(21-16(20)13-8-5-6-10-17-13)15(19)18-12-7-3-4-9-14(12)22-2/h3-11H,1-2H3,(H,18,19)/t11-/m0/s1. The van der Waals surface area contributed by atoms with Crippen LogP contribution in [0.3, 0.4) is 0 Å². The molecule has 0 radical (unpaired) electrons. The largest absolute Gasteiger partial charge is 0.448 e. The van der Waals surface area contributed by atoms with Gasteiger partial charge in [0.05, 0.1) is 5.69 Å². The van der Waals surface area contributed by atoms with Crippen LogP contribution in [0.1, 0.15) is 17.4 Å². The van der Waals surface area contributed by atoms with Crippen LogP contribution in [0.2, 0.25) is 0 Å². The third-order valence-electron chi connectivity index (χ3n) is 2.89. The van der Waals surface area contributed by atoms with Crippen LogP contribution in [-0.2, 0) is 9.53 Å². The smallest absolute Gasteiger partial charge is 0.357 e. The minimum Gasteiger partial charge on any atom is -0.448 e. The molecule has 1 aromatic carbocycles. The van der Waals surface area contributed by atoms with Crippen LogP contribution in [0, 0.1) is 0 Å². The summed E-state index contributed by atoms with van der Waals surface area (Å²) in [6.07, 6.45) is 2.51. The molecule has 0 fully saturated rings.